The molecular formula is C19H21NO6. The minimum absolute atomic E-state index is 0.108. The van der Waals surface area contributed by atoms with E-state index in [1.165, 1.54) is 18.2 Å². The zero-order valence-corrected chi connectivity index (χ0v) is 14.3. The lowest BCUT2D eigenvalue weighted by Gasteiger charge is -2.28. The van der Waals surface area contributed by atoms with E-state index in [4.69, 9.17) is 10.5 Å². The van der Waals surface area contributed by atoms with E-state index in [0.29, 0.717) is 11.1 Å². The molecule has 5 N–H and O–H groups in total. The number of rotatable bonds is 7. The van der Waals surface area contributed by atoms with Gasteiger partial charge in [-0.05, 0) is 36.8 Å². The Balaban J connectivity index is 2.09. The van der Waals surface area contributed by atoms with Crippen LogP contribution in [0.2, 0.25) is 0 Å². The number of phenolic OH excluding ortho intramolecular Hbond substituents is 2. The number of aromatic hydroxyl groups is 2. The molecule has 0 amide bonds. The van der Waals surface area contributed by atoms with Gasteiger partial charge in [-0.15, -0.1) is 0 Å². The highest BCUT2D eigenvalue weighted by molar-refractivity contribution is 5.89. The van der Waals surface area contributed by atoms with Crippen LogP contribution in [0.4, 0.5) is 0 Å². The van der Waals surface area contributed by atoms with Crippen molar-refractivity contribution in [1.82, 2.24) is 0 Å². The second kappa shape index (κ2) is 7.88. The number of carbonyl (C=O) groups excluding carboxylic acids is 1. The van der Waals surface area contributed by atoms with Gasteiger partial charge < -0.3 is 25.8 Å². The minimum atomic E-state index is -1.71. The van der Waals surface area contributed by atoms with Crippen LogP contribution >= 0.6 is 0 Å². The predicted octanol–water partition coefficient (Wildman–Crippen LogP) is 2.06. The molecule has 26 heavy (non-hydrogen) atoms. The van der Waals surface area contributed by atoms with Crippen molar-refractivity contribution in [2.75, 3.05) is 0 Å². The Morgan fingerprint density at radius 3 is 2.35 bits per heavy atom. The summed E-state index contributed by atoms with van der Waals surface area (Å²) >= 11 is 0. The van der Waals surface area contributed by atoms with E-state index in [9.17, 15) is 24.9 Å². The lowest BCUT2D eigenvalue weighted by Crippen LogP contribution is -2.52. The van der Waals surface area contributed by atoms with Crippen molar-refractivity contribution in [3.05, 3.63) is 59.7 Å². The van der Waals surface area contributed by atoms with Gasteiger partial charge in [0.05, 0.1) is 5.56 Å². The average molecular weight is 359 g/mol. The number of benzene rings is 2. The van der Waals surface area contributed by atoms with Crippen LogP contribution in [0.5, 0.6) is 11.5 Å². The number of carboxylic acid groups (broad SMARTS) is 1. The van der Waals surface area contributed by atoms with Gasteiger partial charge in [0, 0.05) is 12.8 Å². The predicted molar refractivity (Wildman–Crippen MR) is 94.0 cm³/mol. The quantitative estimate of drug-likeness (QED) is 0.440. The van der Waals surface area contributed by atoms with Gasteiger partial charge >= 0.3 is 11.9 Å². The first-order valence-electron chi connectivity index (χ1n) is 8.00. The maximum absolute atomic E-state index is 12.1. The van der Waals surface area contributed by atoms with E-state index in [1.807, 2.05) is 0 Å². The summed E-state index contributed by atoms with van der Waals surface area (Å²) in [6.07, 6.45) is -0.971. The van der Waals surface area contributed by atoms with Crippen molar-refractivity contribution >= 4 is 11.9 Å². The molecule has 7 nitrogen and oxygen atoms in total. The molecule has 138 valence electrons. The number of esters is 1. The summed E-state index contributed by atoms with van der Waals surface area (Å²) in [6, 6.07) is 12.3. The zero-order chi connectivity index (χ0) is 19.3. The third-order valence-electron chi connectivity index (χ3n) is 3.95. The summed E-state index contributed by atoms with van der Waals surface area (Å²) in [7, 11) is 0. The van der Waals surface area contributed by atoms with Gasteiger partial charge in [0.2, 0.25) is 0 Å². The molecule has 0 saturated heterocycles. The Bertz CT molecular complexity index is 792. The molecule has 0 aliphatic rings. The fraction of sp³-hybridized carbons (Fsp3) is 0.263. The van der Waals surface area contributed by atoms with Crippen LogP contribution in [-0.4, -0.2) is 38.9 Å². The van der Waals surface area contributed by atoms with Crippen LogP contribution in [-0.2, 0) is 16.0 Å². The first-order chi connectivity index (χ1) is 12.2. The van der Waals surface area contributed by atoms with Crippen LogP contribution in [0, 0.1) is 0 Å². The number of hydrogen-bond acceptors (Lipinski definition) is 6. The minimum Gasteiger partial charge on any atom is -0.504 e. The molecule has 7 heteroatoms. The molecule has 0 heterocycles. The Kier molecular flexibility index (Phi) is 5.84. The van der Waals surface area contributed by atoms with Crippen molar-refractivity contribution in [3.8, 4) is 11.5 Å². The number of aliphatic carboxylic acids is 1. The summed E-state index contributed by atoms with van der Waals surface area (Å²) in [4.78, 5) is 23.8. The fourth-order valence-corrected chi connectivity index (χ4v) is 2.66. The maximum atomic E-state index is 12.1. The van der Waals surface area contributed by atoms with Gasteiger partial charge in [0.15, 0.2) is 11.5 Å². The highest BCUT2D eigenvalue weighted by atomic mass is 16.5. The van der Waals surface area contributed by atoms with Crippen molar-refractivity contribution in [2.24, 2.45) is 5.73 Å². The number of carbonyl (C=O) groups is 2. The largest absolute Gasteiger partial charge is 0.504 e. The van der Waals surface area contributed by atoms with Crippen LogP contribution in [0.3, 0.4) is 0 Å². The third kappa shape index (κ3) is 4.73. The topological polar surface area (TPSA) is 130 Å². The molecule has 0 aromatic heterocycles. The third-order valence-corrected chi connectivity index (χ3v) is 3.95. The van der Waals surface area contributed by atoms with Crippen LogP contribution in [0.15, 0.2) is 48.5 Å². The maximum Gasteiger partial charge on any atom is 0.338 e. The molecule has 0 spiro atoms. The van der Waals surface area contributed by atoms with Crippen molar-refractivity contribution < 1.29 is 29.6 Å². The Hall–Kier alpha value is -3.06. The standard InChI is InChI=1S/C19H21NO6/c1-12(26-17(23)14-5-3-2-4-6-14)10-19(20,18(24)25)11-13-7-8-15(21)16(22)9-13/h2-9,12,21-22H,10-11,20H2,1H3,(H,24,25)/t12-,19+/m0/s1. The fourth-order valence-electron chi connectivity index (χ4n) is 2.66. The Morgan fingerprint density at radius 2 is 1.77 bits per heavy atom. The number of phenols is 2. The molecule has 0 bridgehead atoms. The summed E-state index contributed by atoms with van der Waals surface area (Å²) in [5, 5.41) is 28.4. The van der Waals surface area contributed by atoms with Crippen LogP contribution in [0.25, 0.3) is 0 Å². The first-order valence-corrected chi connectivity index (χ1v) is 8.00. The Labute approximate surface area is 150 Å². The van der Waals surface area contributed by atoms with Gasteiger partial charge in [0.25, 0.3) is 0 Å². The van der Waals surface area contributed by atoms with Crippen molar-refractivity contribution in [1.29, 1.82) is 0 Å². The van der Waals surface area contributed by atoms with Gasteiger partial charge in [0.1, 0.15) is 11.6 Å². The lowest BCUT2D eigenvalue weighted by atomic mass is 9.86. The van der Waals surface area contributed by atoms with Crippen molar-refractivity contribution in [2.45, 2.75) is 31.4 Å². The molecule has 2 rings (SSSR count). The number of nitrogens with two attached hydrogens (primary N) is 1. The summed E-state index contributed by atoms with van der Waals surface area (Å²) < 4.78 is 5.29. The smallest absolute Gasteiger partial charge is 0.338 e. The average Bonchev–Trinajstić information content (AvgIpc) is 2.58. The Morgan fingerprint density at radius 1 is 1.12 bits per heavy atom. The molecular weight excluding hydrogens is 338 g/mol. The summed E-state index contributed by atoms with van der Waals surface area (Å²) in [6.45, 7) is 1.57. The SMILES string of the molecule is C[C@@H](C[C@@](N)(Cc1ccc(O)c(O)c1)C(=O)O)OC(=O)c1ccccc1. The van der Waals surface area contributed by atoms with Crippen LogP contribution in [0.1, 0.15) is 29.3 Å². The molecule has 0 radical (unpaired) electrons. The number of hydrogen-bond donors (Lipinski definition) is 4. The van der Waals surface area contributed by atoms with Crippen LogP contribution < -0.4 is 5.73 Å². The second-order valence-electron chi connectivity index (χ2n) is 6.25. The summed E-state index contributed by atoms with van der Waals surface area (Å²) in [5.41, 5.74) is 5.13. The highest BCUT2D eigenvalue weighted by Crippen LogP contribution is 2.28. The zero-order valence-electron chi connectivity index (χ0n) is 14.3. The van der Waals surface area contributed by atoms with E-state index < -0.39 is 23.6 Å². The van der Waals surface area contributed by atoms with E-state index >= 15 is 0 Å². The molecule has 0 aliphatic carbocycles. The lowest BCUT2D eigenvalue weighted by molar-refractivity contribution is -0.144. The summed E-state index contributed by atoms with van der Waals surface area (Å²) in [5.74, 6) is -2.49. The normalized spacial score (nSPS) is 14.2. The molecule has 0 fully saturated rings. The highest BCUT2D eigenvalue weighted by Gasteiger charge is 2.37. The van der Waals surface area contributed by atoms with Gasteiger partial charge in [-0.3, -0.25) is 4.79 Å². The van der Waals surface area contributed by atoms with E-state index in [-0.39, 0.29) is 24.3 Å². The number of ether oxygens (including phenoxy) is 1. The molecule has 2 aromatic carbocycles. The molecule has 2 aromatic rings. The number of carboxylic acids is 1. The molecule has 0 saturated carbocycles. The molecule has 2 atom stereocenters. The van der Waals surface area contributed by atoms with Gasteiger partial charge in [-0.2, -0.15) is 0 Å². The van der Waals surface area contributed by atoms with Gasteiger partial charge in [-0.25, -0.2) is 4.79 Å². The van der Waals surface area contributed by atoms with E-state index in [2.05, 4.69) is 0 Å². The van der Waals surface area contributed by atoms with E-state index in [0.717, 1.165) is 0 Å². The second-order valence-corrected chi connectivity index (χ2v) is 6.25. The molecule has 0 aliphatic heterocycles. The van der Waals surface area contributed by atoms with Crippen molar-refractivity contribution in [3.63, 3.8) is 0 Å². The monoisotopic (exact) mass is 359 g/mol. The molecule has 0 unspecified atom stereocenters. The first kappa shape index (κ1) is 19.3. The van der Waals surface area contributed by atoms with Gasteiger partial charge in [-0.1, -0.05) is 24.3 Å². The van der Waals surface area contributed by atoms with E-state index in [1.54, 1.807) is 37.3 Å².